The Bertz CT molecular complexity index is 367. The van der Waals surface area contributed by atoms with Crippen molar-refractivity contribution in [3.05, 3.63) is 22.3 Å². The van der Waals surface area contributed by atoms with Crippen molar-refractivity contribution in [1.82, 2.24) is 0 Å². The predicted molar refractivity (Wildman–Crippen MR) is 104 cm³/mol. The van der Waals surface area contributed by atoms with Crippen molar-refractivity contribution >= 4 is 30.9 Å². The van der Waals surface area contributed by atoms with Crippen molar-refractivity contribution in [3.63, 3.8) is 0 Å². The zero-order valence-electron chi connectivity index (χ0n) is 14.9. The molecule has 0 saturated carbocycles. The topological polar surface area (TPSA) is 29.5 Å². The van der Waals surface area contributed by atoms with Crippen molar-refractivity contribution in [2.45, 2.75) is 78.3 Å². The van der Waals surface area contributed by atoms with Crippen LogP contribution in [0.4, 0.5) is 0 Å². The van der Waals surface area contributed by atoms with Gasteiger partial charge in [0.15, 0.2) is 8.32 Å². The first-order valence-electron chi connectivity index (χ1n) is 7.64. The molecule has 2 nitrogen and oxygen atoms in total. The van der Waals surface area contributed by atoms with Crippen LogP contribution >= 0.6 is 22.6 Å². The van der Waals surface area contributed by atoms with E-state index in [2.05, 4.69) is 76.4 Å². The van der Waals surface area contributed by atoms with Crippen LogP contribution in [0.5, 0.6) is 0 Å². The average molecular weight is 424 g/mol. The van der Waals surface area contributed by atoms with E-state index in [0.717, 1.165) is 0 Å². The van der Waals surface area contributed by atoms with Crippen LogP contribution in [0.25, 0.3) is 0 Å². The molecule has 0 saturated heterocycles. The molecule has 0 heterocycles. The Hall–Kier alpha value is 0.347. The maximum absolute atomic E-state index is 10.6. The Morgan fingerprint density at radius 2 is 1.71 bits per heavy atom. The molecule has 0 radical (unpaired) electrons. The summed E-state index contributed by atoms with van der Waals surface area (Å²) in [7, 11) is -1.87. The number of aliphatic hydroxyl groups is 1. The van der Waals surface area contributed by atoms with Gasteiger partial charge in [-0.05, 0) is 35.6 Å². The molecule has 0 rings (SSSR count). The van der Waals surface area contributed by atoms with Crippen molar-refractivity contribution in [3.8, 4) is 0 Å². The van der Waals surface area contributed by atoms with E-state index in [1.165, 1.54) is 0 Å². The molecule has 0 aliphatic carbocycles. The molecule has 0 fully saturated rings. The molecule has 124 valence electrons. The lowest BCUT2D eigenvalue weighted by Crippen LogP contribution is -2.50. The third kappa shape index (κ3) is 6.16. The second-order valence-electron chi connectivity index (χ2n) is 7.76. The third-order valence-electron chi connectivity index (χ3n) is 4.64. The lowest BCUT2D eigenvalue weighted by atomic mass is 9.79. The molecule has 4 heteroatoms. The Morgan fingerprint density at radius 3 is 2.10 bits per heavy atom. The Labute approximate surface area is 146 Å². The Balaban J connectivity index is 5.30. The fraction of sp³-hybridized carbons (Fsp3) is 0.765. The first-order chi connectivity index (χ1) is 9.40. The van der Waals surface area contributed by atoms with Crippen molar-refractivity contribution in [2.24, 2.45) is 5.41 Å². The average Bonchev–Trinajstić information content (AvgIpc) is 2.33. The van der Waals surface area contributed by atoms with Gasteiger partial charge in [0.25, 0.3) is 0 Å². The normalized spacial score (nSPS) is 17.6. The van der Waals surface area contributed by atoms with Gasteiger partial charge < -0.3 is 9.53 Å². The summed E-state index contributed by atoms with van der Waals surface area (Å²) in [4.78, 5) is 0. The third-order valence-corrected chi connectivity index (χ3v) is 9.60. The zero-order chi connectivity index (χ0) is 16.9. The van der Waals surface area contributed by atoms with Gasteiger partial charge >= 0.3 is 0 Å². The van der Waals surface area contributed by atoms with Gasteiger partial charge in [-0.25, -0.2) is 0 Å². The summed E-state index contributed by atoms with van der Waals surface area (Å²) >= 11 is 2.19. The van der Waals surface area contributed by atoms with Crippen LogP contribution in [0.15, 0.2) is 22.3 Å². The minimum atomic E-state index is -1.87. The Kier molecular flexibility index (Phi) is 8.41. The molecule has 2 atom stereocenters. The van der Waals surface area contributed by atoms with E-state index in [0.29, 0.717) is 6.42 Å². The standard InChI is InChI=1S/C17H33IO2Si/c1-9-11-15(20-21(7,8)16(2,3)4)17(5,6)14(19)12-10-13-18/h9-11,13-15,19H,12H2,1-8H3/b11-9+,13-10-/t14-,15-/m0/s1. The molecular weight excluding hydrogens is 391 g/mol. The van der Waals surface area contributed by atoms with Gasteiger partial charge in [0, 0.05) is 5.41 Å². The van der Waals surface area contributed by atoms with Gasteiger partial charge in [0.2, 0.25) is 0 Å². The largest absolute Gasteiger partial charge is 0.410 e. The monoisotopic (exact) mass is 424 g/mol. The first kappa shape index (κ1) is 21.3. The highest BCUT2D eigenvalue weighted by Gasteiger charge is 2.43. The molecule has 0 unspecified atom stereocenters. The maximum atomic E-state index is 10.6. The summed E-state index contributed by atoms with van der Waals surface area (Å²) in [6, 6.07) is 0. The second kappa shape index (κ2) is 8.27. The van der Waals surface area contributed by atoms with Crippen molar-refractivity contribution in [2.75, 3.05) is 0 Å². The molecule has 0 aliphatic rings. The summed E-state index contributed by atoms with van der Waals surface area (Å²) in [6.45, 7) is 17.5. The maximum Gasteiger partial charge on any atom is 0.192 e. The highest BCUT2D eigenvalue weighted by atomic mass is 127. The van der Waals surface area contributed by atoms with Gasteiger partial charge in [0.1, 0.15) is 0 Å². The van der Waals surface area contributed by atoms with Crippen molar-refractivity contribution in [1.29, 1.82) is 0 Å². The lowest BCUT2D eigenvalue weighted by Gasteiger charge is -2.44. The predicted octanol–water partition coefficient (Wildman–Crippen LogP) is 5.68. The first-order valence-corrected chi connectivity index (χ1v) is 11.8. The van der Waals surface area contributed by atoms with E-state index < -0.39 is 14.4 Å². The molecule has 1 N–H and O–H groups in total. The molecule has 0 aromatic carbocycles. The summed E-state index contributed by atoms with van der Waals surface area (Å²) in [5.41, 5.74) is -0.321. The van der Waals surface area contributed by atoms with E-state index >= 15 is 0 Å². The highest BCUT2D eigenvalue weighted by Crippen LogP contribution is 2.41. The molecule has 0 aromatic rings. The molecule has 0 aromatic heterocycles. The summed E-state index contributed by atoms with van der Waals surface area (Å²) in [5, 5.41) is 10.7. The van der Waals surface area contributed by atoms with Gasteiger partial charge in [-0.3, -0.25) is 0 Å². The second-order valence-corrected chi connectivity index (χ2v) is 13.2. The smallest absolute Gasteiger partial charge is 0.192 e. The SMILES string of the molecule is C/C=C/[C@H](O[Si](C)(C)C(C)(C)C)C(C)(C)[C@@H](O)C/C=C\I. The number of rotatable bonds is 7. The van der Waals surface area contributed by atoms with Crippen LogP contribution in [0, 0.1) is 5.41 Å². The lowest BCUT2D eigenvalue weighted by molar-refractivity contribution is -0.0180. The molecule has 0 spiro atoms. The van der Waals surface area contributed by atoms with Gasteiger partial charge in [-0.2, -0.15) is 0 Å². The van der Waals surface area contributed by atoms with Crippen LogP contribution < -0.4 is 0 Å². The van der Waals surface area contributed by atoms with E-state index in [1.807, 2.05) is 23.2 Å². The zero-order valence-corrected chi connectivity index (χ0v) is 18.1. The van der Waals surface area contributed by atoms with Crippen LogP contribution in [0.2, 0.25) is 18.1 Å². The van der Waals surface area contributed by atoms with E-state index in [4.69, 9.17) is 4.43 Å². The summed E-state index contributed by atoms with van der Waals surface area (Å²) < 4.78 is 8.53. The van der Waals surface area contributed by atoms with Gasteiger partial charge in [-0.1, -0.05) is 75.4 Å². The summed E-state index contributed by atoms with van der Waals surface area (Å²) in [5.74, 6) is 0. The number of allylic oxidation sites excluding steroid dienone is 1. The minimum Gasteiger partial charge on any atom is -0.410 e. The van der Waals surface area contributed by atoms with Gasteiger partial charge in [-0.15, -0.1) is 0 Å². The van der Waals surface area contributed by atoms with Crippen LogP contribution in [0.3, 0.4) is 0 Å². The molecular formula is C17H33IO2Si. The quantitative estimate of drug-likeness (QED) is 0.324. The molecule has 21 heavy (non-hydrogen) atoms. The fourth-order valence-corrected chi connectivity index (χ4v) is 3.45. The minimum absolute atomic E-state index is 0.0685. The van der Waals surface area contributed by atoms with Crippen LogP contribution in [0.1, 0.15) is 48.0 Å². The van der Waals surface area contributed by atoms with Crippen molar-refractivity contribution < 1.29 is 9.53 Å². The number of aliphatic hydroxyl groups excluding tert-OH is 1. The van der Waals surface area contributed by atoms with Gasteiger partial charge in [0.05, 0.1) is 12.2 Å². The summed E-state index contributed by atoms with van der Waals surface area (Å²) in [6.07, 6.45) is 6.30. The van der Waals surface area contributed by atoms with E-state index in [-0.39, 0.29) is 16.6 Å². The molecule has 0 aliphatic heterocycles. The fourth-order valence-electron chi connectivity index (χ4n) is 1.78. The van der Waals surface area contributed by atoms with Crippen LogP contribution in [-0.4, -0.2) is 25.6 Å². The number of hydrogen-bond acceptors (Lipinski definition) is 2. The Morgan fingerprint density at radius 1 is 1.19 bits per heavy atom. The van der Waals surface area contributed by atoms with Crippen LogP contribution in [-0.2, 0) is 4.43 Å². The number of hydrogen-bond donors (Lipinski definition) is 1. The molecule has 0 amide bonds. The number of halogens is 1. The molecule has 0 bridgehead atoms. The van der Waals surface area contributed by atoms with E-state index in [9.17, 15) is 5.11 Å². The highest BCUT2D eigenvalue weighted by molar-refractivity contribution is 14.1. The van der Waals surface area contributed by atoms with E-state index in [1.54, 1.807) is 0 Å².